The second kappa shape index (κ2) is 13.2. The van der Waals surface area contributed by atoms with Crippen LogP contribution in [0.5, 0.6) is 5.75 Å². The van der Waals surface area contributed by atoms with Crippen molar-refractivity contribution in [3.05, 3.63) is 59.9 Å². The molecule has 0 spiro atoms. The highest BCUT2D eigenvalue weighted by molar-refractivity contribution is 5.93. The van der Waals surface area contributed by atoms with Crippen LogP contribution in [0.2, 0.25) is 0 Å². The van der Waals surface area contributed by atoms with Gasteiger partial charge in [0.05, 0.1) is 13.2 Å². The van der Waals surface area contributed by atoms with Gasteiger partial charge in [0.1, 0.15) is 23.7 Å². The minimum atomic E-state index is -1.01. The van der Waals surface area contributed by atoms with Crippen molar-refractivity contribution in [2.75, 3.05) is 25.5 Å². The number of anilines is 1. The molecule has 2 aliphatic rings. The Labute approximate surface area is 232 Å². The average molecular weight is 555 g/mol. The molecule has 0 bridgehead atoms. The zero-order valence-electron chi connectivity index (χ0n) is 22.3. The minimum Gasteiger partial charge on any atom is -0.497 e. The van der Waals surface area contributed by atoms with Gasteiger partial charge >= 0.3 is 6.03 Å². The van der Waals surface area contributed by atoms with Gasteiger partial charge < -0.3 is 36.6 Å². The molecule has 11 nitrogen and oxygen atoms in total. The lowest BCUT2D eigenvalue weighted by Crippen LogP contribution is -2.62. The lowest BCUT2D eigenvalue weighted by molar-refractivity contribution is -0.144. The van der Waals surface area contributed by atoms with Crippen molar-refractivity contribution in [3.63, 3.8) is 0 Å². The maximum absolute atomic E-state index is 13.6. The molecule has 0 aromatic heterocycles. The molecule has 2 aliphatic heterocycles. The van der Waals surface area contributed by atoms with E-state index in [4.69, 9.17) is 10.5 Å². The average Bonchev–Trinajstić information content (AvgIpc) is 3.48. The van der Waals surface area contributed by atoms with E-state index in [1.807, 2.05) is 0 Å². The highest BCUT2D eigenvalue weighted by Crippen LogP contribution is 2.22. The van der Waals surface area contributed by atoms with Gasteiger partial charge in [0, 0.05) is 24.7 Å². The zero-order chi connectivity index (χ0) is 28.6. The number of carbonyl (C=O) groups excluding carboxylic acids is 4. The Morgan fingerprint density at radius 3 is 2.58 bits per heavy atom. The van der Waals surface area contributed by atoms with Crippen LogP contribution >= 0.6 is 0 Å². The number of ether oxygens (including phenoxy) is 1. The highest BCUT2D eigenvalue weighted by Gasteiger charge is 2.40. The van der Waals surface area contributed by atoms with E-state index in [0.717, 1.165) is 18.5 Å². The number of hydrogen-bond donors (Lipinski definition) is 5. The van der Waals surface area contributed by atoms with Crippen LogP contribution in [-0.2, 0) is 20.8 Å². The summed E-state index contributed by atoms with van der Waals surface area (Å²) in [6.07, 6.45) is 2.24. The van der Waals surface area contributed by atoms with Crippen molar-refractivity contribution in [1.82, 2.24) is 20.9 Å². The zero-order valence-corrected chi connectivity index (χ0v) is 22.3. The first-order valence-electron chi connectivity index (χ1n) is 13.3. The summed E-state index contributed by atoms with van der Waals surface area (Å²) in [6, 6.07) is 9.23. The van der Waals surface area contributed by atoms with Gasteiger partial charge in [0.25, 0.3) is 0 Å². The molecule has 12 heteroatoms. The van der Waals surface area contributed by atoms with Crippen molar-refractivity contribution >= 4 is 29.4 Å². The second-order valence-corrected chi connectivity index (χ2v) is 10.0. The number of halogens is 1. The normalized spacial score (nSPS) is 21.2. The van der Waals surface area contributed by atoms with Gasteiger partial charge in [0.2, 0.25) is 17.7 Å². The molecular weight excluding hydrogens is 519 g/mol. The third-order valence-corrected chi connectivity index (χ3v) is 7.22. The molecule has 2 aromatic carbocycles. The van der Waals surface area contributed by atoms with Crippen molar-refractivity contribution in [2.45, 2.75) is 56.3 Å². The number of methoxy groups -OCH3 is 1. The Morgan fingerprint density at radius 1 is 1.15 bits per heavy atom. The number of piperidine rings is 1. The molecule has 0 saturated carbocycles. The molecule has 2 saturated heterocycles. The van der Waals surface area contributed by atoms with Crippen LogP contribution in [-0.4, -0.2) is 73.0 Å². The number of hydrogen-bond acceptors (Lipinski definition) is 6. The molecule has 6 N–H and O–H groups in total. The summed E-state index contributed by atoms with van der Waals surface area (Å²) >= 11 is 0. The van der Waals surface area contributed by atoms with E-state index in [9.17, 15) is 23.6 Å². The van der Waals surface area contributed by atoms with E-state index >= 15 is 0 Å². The van der Waals surface area contributed by atoms with Crippen LogP contribution in [0.15, 0.2) is 48.5 Å². The summed E-state index contributed by atoms with van der Waals surface area (Å²) in [7, 11) is 1.55. The van der Waals surface area contributed by atoms with Crippen LogP contribution in [0.1, 0.15) is 31.2 Å². The largest absolute Gasteiger partial charge is 0.497 e. The summed E-state index contributed by atoms with van der Waals surface area (Å²) in [5.41, 5.74) is 6.68. The van der Waals surface area contributed by atoms with E-state index < -0.39 is 41.8 Å². The summed E-state index contributed by atoms with van der Waals surface area (Å²) in [4.78, 5) is 53.3. The van der Waals surface area contributed by atoms with Gasteiger partial charge in [-0.3, -0.25) is 14.4 Å². The maximum atomic E-state index is 13.6. The van der Waals surface area contributed by atoms with Gasteiger partial charge in [-0.25, -0.2) is 9.18 Å². The predicted molar refractivity (Wildman–Crippen MR) is 146 cm³/mol. The smallest absolute Gasteiger partial charge is 0.319 e. The molecule has 2 heterocycles. The molecule has 0 radical (unpaired) electrons. The van der Waals surface area contributed by atoms with E-state index in [0.29, 0.717) is 18.6 Å². The third kappa shape index (κ3) is 7.47. The molecule has 4 rings (SSSR count). The van der Waals surface area contributed by atoms with Crippen molar-refractivity contribution in [3.8, 4) is 5.75 Å². The Hall–Kier alpha value is -4.19. The lowest BCUT2D eigenvalue weighted by Gasteiger charge is -2.40. The molecule has 5 amide bonds. The van der Waals surface area contributed by atoms with Gasteiger partial charge in [-0.2, -0.15) is 0 Å². The highest BCUT2D eigenvalue weighted by atomic mass is 19.1. The number of rotatable bonds is 9. The Bertz CT molecular complexity index is 1220. The predicted octanol–water partition coefficient (Wildman–Crippen LogP) is 1.28. The number of urea groups is 1. The quantitative estimate of drug-likeness (QED) is 0.315. The van der Waals surface area contributed by atoms with Crippen molar-refractivity contribution in [1.29, 1.82) is 0 Å². The van der Waals surface area contributed by atoms with Crippen molar-refractivity contribution in [2.24, 2.45) is 5.73 Å². The summed E-state index contributed by atoms with van der Waals surface area (Å²) < 4.78 is 18.7. The number of nitrogens with one attached hydrogen (secondary N) is 4. The fourth-order valence-corrected chi connectivity index (χ4v) is 5.11. The number of primary amides is 1. The Balaban J connectivity index is 1.46. The molecule has 0 unspecified atom stereocenters. The monoisotopic (exact) mass is 554 g/mol. The maximum Gasteiger partial charge on any atom is 0.319 e. The van der Waals surface area contributed by atoms with Gasteiger partial charge in [-0.05, 0) is 68.1 Å². The number of nitrogens with zero attached hydrogens (tertiary/aromatic N) is 1. The molecule has 214 valence electrons. The van der Waals surface area contributed by atoms with Gasteiger partial charge in [-0.15, -0.1) is 0 Å². The first kappa shape index (κ1) is 28.8. The van der Waals surface area contributed by atoms with Crippen LogP contribution in [0.3, 0.4) is 0 Å². The minimum absolute atomic E-state index is 0.134. The van der Waals surface area contributed by atoms with Crippen LogP contribution in [0, 0.1) is 5.82 Å². The SMILES string of the molecule is COc1ccc(C[C@H](NC(=O)[C@@H]2C[C@@H](NC(=O)Nc3cccc(F)c3)CCN2C(=O)[C@H]2CCCN2)C(N)=O)cc1. The van der Waals surface area contributed by atoms with Gasteiger partial charge in [-0.1, -0.05) is 18.2 Å². The van der Waals surface area contributed by atoms with Crippen LogP contribution in [0.4, 0.5) is 14.9 Å². The number of carbonyl (C=O) groups is 4. The second-order valence-electron chi connectivity index (χ2n) is 10.0. The molecule has 40 heavy (non-hydrogen) atoms. The standard InChI is InChI=1S/C28H35FN6O5/c1-40-21-9-7-17(8-10-21)14-23(25(30)36)34-26(37)24-16-20(11-13-35(24)27(38)22-6-3-12-31-22)33-28(39)32-19-5-2-4-18(29)15-19/h2,4-5,7-10,15,20,22-24,31H,3,6,11-14,16H2,1H3,(H2,30,36)(H,34,37)(H2,32,33,39)/t20-,22+,23-,24-/m0/s1. The third-order valence-electron chi connectivity index (χ3n) is 7.22. The number of benzene rings is 2. The van der Waals surface area contributed by atoms with E-state index in [-0.39, 0.29) is 37.0 Å². The molecule has 4 atom stereocenters. The molecular formula is C28H35FN6O5. The topological polar surface area (TPSA) is 155 Å². The fraction of sp³-hybridized carbons (Fsp3) is 0.429. The Kier molecular flexibility index (Phi) is 9.54. The number of nitrogens with two attached hydrogens (primary N) is 1. The van der Waals surface area contributed by atoms with E-state index in [1.165, 1.54) is 23.1 Å². The first-order chi connectivity index (χ1) is 19.2. The number of amides is 5. The molecule has 2 aromatic rings. The number of likely N-dealkylation sites (tertiary alicyclic amines) is 1. The summed E-state index contributed by atoms with van der Waals surface area (Å²) in [5.74, 6) is -1.26. The van der Waals surface area contributed by atoms with E-state index in [2.05, 4.69) is 21.3 Å². The fourth-order valence-electron chi connectivity index (χ4n) is 5.11. The molecule has 2 fully saturated rings. The Morgan fingerprint density at radius 2 is 1.93 bits per heavy atom. The summed E-state index contributed by atoms with van der Waals surface area (Å²) in [5, 5.41) is 11.3. The van der Waals surface area contributed by atoms with Crippen molar-refractivity contribution < 1.29 is 28.3 Å². The van der Waals surface area contributed by atoms with E-state index in [1.54, 1.807) is 37.4 Å². The first-order valence-corrected chi connectivity index (χ1v) is 13.3. The molecule has 0 aliphatic carbocycles. The lowest BCUT2D eigenvalue weighted by atomic mass is 9.94. The van der Waals surface area contributed by atoms with Crippen LogP contribution in [0.25, 0.3) is 0 Å². The van der Waals surface area contributed by atoms with Crippen LogP contribution < -0.4 is 31.7 Å². The summed E-state index contributed by atoms with van der Waals surface area (Å²) in [6.45, 7) is 0.955. The van der Waals surface area contributed by atoms with Gasteiger partial charge in [0.15, 0.2) is 0 Å².